The number of carbonyl (C=O) groups excluding carboxylic acids is 1. The predicted molar refractivity (Wildman–Crippen MR) is 108 cm³/mol. The Balaban J connectivity index is 1.58. The average Bonchev–Trinajstić information content (AvgIpc) is 3.32. The number of para-hydroxylation sites is 1. The summed E-state index contributed by atoms with van der Waals surface area (Å²) in [6.45, 7) is 1.26. The van der Waals surface area contributed by atoms with Crippen LogP contribution in [0.1, 0.15) is 26.8 Å². The fourth-order valence-corrected chi connectivity index (χ4v) is 4.61. The van der Waals surface area contributed by atoms with Crippen LogP contribution in [0.4, 0.5) is 10.1 Å². The fourth-order valence-electron chi connectivity index (χ4n) is 3.53. The number of rotatable bonds is 5. The first-order chi connectivity index (χ1) is 13.1. The Morgan fingerprint density at radius 3 is 2.81 bits per heavy atom. The van der Waals surface area contributed by atoms with Gasteiger partial charge in [0.1, 0.15) is 5.82 Å². The Morgan fingerprint density at radius 1 is 1.19 bits per heavy atom. The molecule has 0 fully saturated rings. The molecule has 1 amide bonds. The molecule has 1 aromatic heterocycles. The highest BCUT2D eigenvalue weighted by atomic mass is 35.5. The van der Waals surface area contributed by atoms with E-state index in [1.54, 1.807) is 11.3 Å². The fraction of sp³-hybridized carbons (Fsp3) is 0.190. The van der Waals surface area contributed by atoms with E-state index in [9.17, 15) is 9.18 Å². The van der Waals surface area contributed by atoms with Crippen molar-refractivity contribution in [2.24, 2.45) is 0 Å². The van der Waals surface area contributed by atoms with Crippen molar-refractivity contribution < 1.29 is 9.18 Å². The number of hydrogen-bond donors (Lipinski definition) is 1. The lowest BCUT2D eigenvalue weighted by Crippen LogP contribution is -2.37. The molecule has 1 atom stereocenters. The quantitative estimate of drug-likeness (QED) is 0.648. The zero-order valence-corrected chi connectivity index (χ0v) is 16.1. The van der Waals surface area contributed by atoms with Crippen LogP contribution in [0.3, 0.4) is 0 Å². The zero-order valence-electron chi connectivity index (χ0n) is 14.5. The molecule has 3 nitrogen and oxygen atoms in total. The van der Waals surface area contributed by atoms with E-state index in [1.807, 2.05) is 23.6 Å². The van der Waals surface area contributed by atoms with Crippen molar-refractivity contribution in [3.8, 4) is 0 Å². The van der Waals surface area contributed by atoms with E-state index in [0.717, 1.165) is 17.8 Å². The van der Waals surface area contributed by atoms with Gasteiger partial charge in [-0.05, 0) is 41.6 Å². The number of halogens is 2. The van der Waals surface area contributed by atoms with Crippen LogP contribution < -0.4 is 10.2 Å². The molecule has 1 aliphatic heterocycles. The standard InChI is InChI=1S/C21H18ClFN2OS/c22-15-6-3-7-16(23)20(15)21(26)24-13-18(19-9-4-12-27-19)25-11-10-14-5-1-2-8-17(14)25/h1-9,12,18H,10-11,13H2,(H,24,26)/t18-/m1/s1. The van der Waals surface area contributed by atoms with E-state index in [2.05, 4.69) is 28.4 Å². The van der Waals surface area contributed by atoms with Gasteiger partial charge in [0.15, 0.2) is 0 Å². The van der Waals surface area contributed by atoms with Crippen LogP contribution in [0.25, 0.3) is 0 Å². The molecule has 2 heterocycles. The second-order valence-corrected chi connectivity index (χ2v) is 7.80. The van der Waals surface area contributed by atoms with Gasteiger partial charge < -0.3 is 10.2 Å². The van der Waals surface area contributed by atoms with E-state index < -0.39 is 11.7 Å². The largest absolute Gasteiger partial charge is 0.361 e. The molecule has 0 unspecified atom stereocenters. The summed E-state index contributed by atoms with van der Waals surface area (Å²) < 4.78 is 14.0. The summed E-state index contributed by atoms with van der Waals surface area (Å²) >= 11 is 7.68. The number of amides is 1. The summed E-state index contributed by atoms with van der Waals surface area (Å²) in [7, 11) is 0. The molecule has 0 spiro atoms. The van der Waals surface area contributed by atoms with Crippen molar-refractivity contribution in [3.63, 3.8) is 0 Å². The molecule has 0 saturated carbocycles. The lowest BCUT2D eigenvalue weighted by atomic mass is 10.1. The van der Waals surface area contributed by atoms with Crippen LogP contribution in [0, 0.1) is 5.82 Å². The summed E-state index contributed by atoms with van der Waals surface area (Å²) in [5.74, 6) is -1.11. The lowest BCUT2D eigenvalue weighted by Gasteiger charge is -2.30. The number of thiophene rings is 1. The number of nitrogens with zero attached hydrogens (tertiary/aromatic N) is 1. The molecule has 2 aromatic carbocycles. The zero-order chi connectivity index (χ0) is 18.8. The number of fused-ring (bicyclic) bond motifs is 1. The van der Waals surface area contributed by atoms with Gasteiger partial charge in [0, 0.05) is 23.7 Å². The lowest BCUT2D eigenvalue weighted by molar-refractivity contribution is 0.0947. The van der Waals surface area contributed by atoms with Crippen LogP contribution in [0.2, 0.25) is 5.02 Å². The van der Waals surface area contributed by atoms with Gasteiger partial charge in [-0.1, -0.05) is 41.9 Å². The van der Waals surface area contributed by atoms with Crippen LogP contribution in [0.15, 0.2) is 60.0 Å². The minimum atomic E-state index is -0.612. The molecule has 0 bridgehead atoms. The number of nitrogens with one attached hydrogen (secondary N) is 1. The molecular formula is C21H18ClFN2OS. The van der Waals surface area contributed by atoms with Gasteiger partial charge in [-0.15, -0.1) is 11.3 Å². The molecule has 138 valence electrons. The maximum Gasteiger partial charge on any atom is 0.255 e. The molecule has 27 heavy (non-hydrogen) atoms. The highest BCUT2D eigenvalue weighted by Gasteiger charge is 2.28. The van der Waals surface area contributed by atoms with Gasteiger partial charge in [-0.2, -0.15) is 0 Å². The SMILES string of the molecule is O=C(NC[C@H](c1cccs1)N1CCc2ccccc21)c1c(F)cccc1Cl. The Bertz CT molecular complexity index is 940. The molecule has 1 aliphatic rings. The van der Waals surface area contributed by atoms with Crippen LogP contribution in [-0.2, 0) is 6.42 Å². The van der Waals surface area contributed by atoms with Crippen molar-refractivity contribution in [3.05, 3.63) is 86.8 Å². The smallest absolute Gasteiger partial charge is 0.255 e. The predicted octanol–water partition coefficient (Wildman–Crippen LogP) is 5.07. The topological polar surface area (TPSA) is 32.3 Å². The van der Waals surface area contributed by atoms with Crippen LogP contribution in [-0.4, -0.2) is 19.0 Å². The first kappa shape index (κ1) is 18.0. The molecule has 4 rings (SSSR count). The van der Waals surface area contributed by atoms with Gasteiger partial charge in [0.2, 0.25) is 0 Å². The van der Waals surface area contributed by atoms with Gasteiger partial charge in [-0.25, -0.2) is 4.39 Å². The van der Waals surface area contributed by atoms with E-state index in [0.29, 0.717) is 6.54 Å². The van der Waals surface area contributed by atoms with Crippen LogP contribution in [0.5, 0.6) is 0 Å². The van der Waals surface area contributed by atoms with Gasteiger partial charge in [0.25, 0.3) is 5.91 Å². The third-order valence-electron chi connectivity index (χ3n) is 4.82. The van der Waals surface area contributed by atoms with Gasteiger partial charge in [-0.3, -0.25) is 4.79 Å². The van der Waals surface area contributed by atoms with Crippen LogP contribution >= 0.6 is 22.9 Å². The first-order valence-corrected chi connectivity index (χ1v) is 10.0. The minimum absolute atomic E-state index is 0.0110. The van der Waals surface area contributed by atoms with Crippen molar-refractivity contribution >= 4 is 34.5 Å². The third kappa shape index (κ3) is 3.57. The third-order valence-corrected chi connectivity index (χ3v) is 6.11. The van der Waals surface area contributed by atoms with Gasteiger partial charge >= 0.3 is 0 Å². The Kier molecular flexibility index (Phi) is 5.14. The number of hydrogen-bond acceptors (Lipinski definition) is 3. The number of benzene rings is 2. The maximum absolute atomic E-state index is 14.0. The molecule has 1 N–H and O–H groups in total. The number of carbonyl (C=O) groups is 1. The molecule has 6 heteroatoms. The summed E-state index contributed by atoms with van der Waals surface area (Å²) in [6.07, 6.45) is 0.977. The Hall–Kier alpha value is -2.37. The van der Waals surface area contributed by atoms with E-state index in [1.165, 1.54) is 29.4 Å². The van der Waals surface area contributed by atoms with Crippen molar-refractivity contribution in [2.45, 2.75) is 12.5 Å². The number of anilines is 1. The molecular weight excluding hydrogens is 383 g/mol. The summed E-state index contributed by atoms with van der Waals surface area (Å²) in [5.41, 5.74) is 2.39. The minimum Gasteiger partial charge on any atom is -0.361 e. The molecule has 3 aromatic rings. The normalized spacial score (nSPS) is 14.1. The Labute approximate surface area is 166 Å². The van der Waals surface area contributed by atoms with E-state index >= 15 is 0 Å². The highest BCUT2D eigenvalue weighted by Crippen LogP contribution is 2.36. The average molecular weight is 401 g/mol. The highest BCUT2D eigenvalue weighted by molar-refractivity contribution is 7.10. The second kappa shape index (κ2) is 7.71. The van der Waals surface area contributed by atoms with E-state index in [-0.39, 0.29) is 16.6 Å². The monoisotopic (exact) mass is 400 g/mol. The molecule has 0 saturated heterocycles. The van der Waals surface area contributed by atoms with E-state index in [4.69, 9.17) is 11.6 Å². The maximum atomic E-state index is 14.0. The second-order valence-electron chi connectivity index (χ2n) is 6.41. The van der Waals surface area contributed by atoms with Gasteiger partial charge in [0.05, 0.1) is 16.6 Å². The Morgan fingerprint density at radius 2 is 2.04 bits per heavy atom. The van der Waals surface area contributed by atoms with Crippen molar-refractivity contribution in [1.82, 2.24) is 5.32 Å². The first-order valence-electron chi connectivity index (χ1n) is 8.75. The summed E-state index contributed by atoms with van der Waals surface area (Å²) in [5, 5.41) is 5.02. The van der Waals surface area contributed by atoms with Crippen molar-refractivity contribution in [1.29, 1.82) is 0 Å². The summed E-state index contributed by atoms with van der Waals surface area (Å²) in [6, 6.07) is 16.6. The molecule has 0 radical (unpaired) electrons. The summed E-state index contributed by atoms with van der Waals surface area (Å²) in [4.78, 5) is 16.0. The molecule has 0 aliphatic carbocycles. The van der Waals surface area contributed by atoms with Crippen molar-refractivity contribution in [2.75, 3.05) is 18.0 Å².